The van der Waals surface area contributed by atoms with E-state index < -0.39 is 6.10 Å². The van der Waals surface area contributed by atoms with Gasteiger partial charge < -0.3 is 14.2 Å². The molecule has 0 N–H and O–H groups in total. The number of hydrogen-bond acceptors (Lipinski definition) is 6. The van der Waals surface area contributed by atoms with Gasteiger partial charge in [0.25, 0.3) is 0 Å². The van der Waals surface area contributed by atoms with E-state index >= 15 is 0 Å². The molecule has 0 fully saturated rings. The van der Waals surface area contributed by atoms with Gasteiger partial charge in [0.05, 0.1) is 0 Å². The fraction of sp³-hybridized carbons (Fsp3) is 0.776. The molecule has 1 atom stereocenters. The minimum absolute atomic E-state index is 0.0903. The Labute approximate surface area is 509 Å². The fourth-order valence-corrected chi connectivity index (χ4v) is 10.3. The summed E-state index contributed by atoms with van der Waals surface area (Å²) in [6.07, 6.45) is 93.6. The Morgan fingerprint density at radius 2 is 0.476 bits per heavy atom. The van der Waals surface area contributed by atoms with Crippen LogP contribution < -0.4 is 0 Å². The van der Waals surface area contributed by atoms with Crippen LogP contribution in [-0.2, 0) is 28.6 Å². The second-order valence-electron chi connectivity index (χ2n) is 23.8. The molecule has 0 aliphatic rings. The lowest BCUT2D eigenvalue weighted by Crippen LogP contribution is -2.30. The number of carbonyl (C=O) groups is 3. The molecule has 0 aromatic carbocycles. The summed E-state index contributed by atoms with van der Waals surface area (Å²) in [6.45, 7) is 6.52. The minimum Gasteiger partial charge on any atom is -0.462 e. The first kappa shape index (κ1) is 78.6. The SMILES string of the molecule is CC/C=C\C/C=C\C/C=C\C/C=C\C/C=C\C/C=C\CCCCC(=O)OC(COC(=O)CCCCCCCCCCCC)COC(=O)CCCCCCCCCCCCCCCCCCCCCCC/C=C\CCCCCCCCCC. The summed E-state index contributed by atoms with van der Waals surface area (Å²) < 4.78 is 16.9. The summed E-state index contributed by atoms with van der Waals surface area (Å²) in [7, 11) is 0. The van der Waals surface area contributed by atoms with Crippen molar-refractivity contribution >= 4 is 17.9 Å². The molecule has 0 heterocycles. The first-order valence-electron chi connectivity index (χ1n) is 35.6. The number of esters is 3. The highest BCUT2D eigenvalue weighted by molar-refractivity contribution is 5.71. The Kier molecular flexibility index (Phi) is 67.2. The highest BCUT2D eigenvalue weighted by Gasteiger charge is 2.19. The molecule has 0 aliphatic carbocycles. The Hall–Kier alpha value is -3.41. The molecule has 474 valence electrons. The quantitative estimate of drug-likeness (QED) is 0.0261. The van der Waals surface area contributed by atoms with E-state index in [1.165, 1.54) is 225 Å². The molecule has 0 amide bonds. The fourth-order valence-electron chi connectivity index (χ4n) is 10.3. The molecule has 0 aromatic heterocycles. The van der Waals surface area contributed by atoms with E-state index in [2.05, 4.69) is 106 Å². The summed E-state index contributed by atoms with van der Waals surface area (Å²) in [5.41, 5.74) is 0. The molecule has 6 heteroatoms. The van der Waals surface area contributed by atoms with Gasteiger partial charge in [0.2, 0.25) is 0 Å². The van der Waals surface area contributed by atoms with Crippen molar-refractivity contribution in [2.75, 3.05) is 13.2 Å². The second-order valence-corrected chi connectivity index (χ2v) is 23.8. The first-order chi connectivity index (χ1) is 40.5. The van der Waals surface area contributed by atoms with Crippen LogP contribution in [0.25, 0.3) is 0 Å². The van der Waals surface area contributed by atoms with Crippen LogP contribution in [0.4, 0.5) is 0 Å². The highest BCUT2D eigenvalue weighted by atomic mass is 16.6. The van der Waals surface area contributed by atoms with Crippen LogP contribution in [0.1, 0.15) is 361 Å². The second kappa shape index (κ2) is 70.1. The third-order valence-corrected chi connectivity index (χ3v) is 15.6. The summed E-state index contributed by atoms with van der Waals surface area (Å²) in [4.78, 5) is 38.3. The number of hydrogen-bond donors (Lipinski definition) is 0. The van der Waals surface area contributed by atoms with Gasteiger partial charge in [0, 0.05) is 19.3 Å². The molecule has 0 bridgehead atoms. The van der Waals surface area contributed by atoms with Crippen LogP contribution in [0.5, 0.6) is 0 Å². The van der Waals surface area contributed by atoms with E-state index in [0.717, 1.165) is 89.9 Å². The molecule has 0 rings (SSSR count). The van der Waals surface area contributed by atoms with E-state index in [1.54, 1.807) is 0 Å². The van der Waals surface area contributed by atoms with Crippen molar-refractivity contribution < 1.29 is 28.6 Å². The van der Waals surface area contributed by atoms with E-state index in [1.807, 2.05) is 0 Å². The predicted molar refractivity (Wildman–Crippen MR) is 358 cm³/mol. The monoisotopic (exact) mass is 1140 g/mol. The van der Waals surface area contributed by atoms with Crippen molar-refractivity contribution in [3.8, 4) is 0 Å². The summed E-state index contributed by atoms with van der Waals surface area (Å²) in [6, 6.07) is 0. The summed E-state index contributed by atoms with van der Waals surface area (Å²) in [5.74, 6) is -0.920. The number of ether oxygens (including phenoxy) is 3. The summed E-state index contributed by atoms with van der Waals surface area (Å²) >= 11 is 0. The van der Waals surface area contributed by atoms with Crippen molar-refractivity contribution in [1.29, 1.82) is 0 Å². The van der Waals surface area contributed by atoms with Crippen molar-refractivity contribution in [2.24, 2.45) is 0 Å². The van der Waals surface area contributed by atoms with Crippen molar-refractivity contribution in [3.05, 3.63) is 85.1 Å². The van der Waals surface area contributed by atoms with Gasteiger partial charge in [0.15, 0.2) is 6.10 Å². The van der Waals surface area contributed by atoms with Crippen molar-refractivity contribution in [2.45, 2.75) is 367 Å². The number of rotatable bonds is 65. The van der Waals surface area contributed by atoms with Crippen LogP contribution in [0, 0.1) is 0 Å². The number of allylic oxidation sites excluding steroid dienone is 14. The summed E-state index contributed by atoms with van der Waals surface area (Å²) in [5, 5.41) is 0. The maximum Gasteiger partial charge on any atom is 0.306 e. The first-order valence-corrected chi connectivity index (χ1v) is 35.6. The molecule has 0 aliphatic heterocycles. The molecule has 0 spiro atoms. The lowest BCUT2D eigenvalue weighted by molar-refractivity contribution is -0.167. The van der Waals surface area contributed by atoms with Gasteiger partial charge in [-0.25, -0.2) is 0 Å². The number of carbonyl (C=O) groups excluding carboxylic acids is 3. The van der Waals surface area contributed by atoms with Gasteiger partial charge in [-0.05, 0) is 96.3 Å². The van der Waals surface area contributed by atoms with Crippen LogP contribution in [0.15, 0.2) is 85.1 Å². The molecule has 0 saturated heterocycles. The molecule has 0 aromatic rings. The molecule has 6 nitrogen and oxygen atoms in total. The Morgan fingerprint density at radius 1 is 0.256 bits per heavy atom. The Morgan fingerprint density at radius 3 is 0.780 bits per heavy atom. The van der Waals surface area contributed by atoms with Gasteiger partial charge in [-0.1, -0.05) is 331 Å². The highest BCUT2D eigenvalue weighted by Crippen LogP contribution is 2.18. The molecular weight excluding hydrogens is 1010 g/mol. The number of unbranched alkanes of at least 4 members (excludes halogenated alkanes) is 40. The average molecular weight is 1140 g/mol. The third-order valence-electron chi connectivity index (χ3n) is 15.6. The maximum absolute atomic E-state index is 12.9. The lowest BCUT2D eigenvalue weighted by Gasteiger charge is -2.18. The molecule has 1 unspecified atom stereocenters. The van der Waals surface area contributed by atoms with Crippen LogP contribution in [-0.4, -0.2) is 37.2 Å². The van der Waals surface area contributed by atoms with Gasteiger partial charge in [-0.15, -0.1) is 0 Å². The van der Waals surface area contributed by atoms with Crippen LogP contribution >= 0.6 is 0 Å². The molecular formula is C76H134O6. The average Bonchev–Trinajstić information content (AvgIpc) is 3.47. The van der Waals surface area contributed by atoms with Gasteiger partial charge in [-0.3, -0.25) is 14.4 Å². The topological polar surface area (TPSA) is 78.9 Å². The zero-order valence-corrected chi connectivity index (χ0v) is 54.5. The van der Waals surface area contributed by atoms with E-state index in [0.29, 0.717) is 19.3 Å². The lowest BCUT2D eigenvalue weighted by atomic mass is 10.0. The molecule has 0 radical (unpaired) electrons. The van der Waals surface area contributed by atoms with E-state index in [4.69, 9.17) is 14.2 Å². The van der Waals surface area contributed by atoms with E-state index in [-0.39, 0.29) is 37.5 Å². The predicted octanol–water partition coefficient (Wildman–Crippen LogP) is 24.6. The zero-order chi connectivity index (χ0) is 59.2. The van der Waals surface area contributed by atoms with Crippen LogP contribution in [0.2, 0.25) is 0 Å². The van der Waals surface area contributed by atoms with Crippen molar-refractivity contribution in [1.82, 2.24) is 0 Å². The maximum atomic E-state index is 12.9. The largest absolute Gasteiger partial charge is 0.462 e. The molecule has 0 saturated carbocycles. The smallest absolute Gasteiger partial charge is 0.306 e. The standard InChI is InChI=1S/C76H134O6/c1-4-7-10-13-16-19-22-24-26-28-30-32-33-34-35-36-37-38-39-40-41-42-43-45-46-48-50-52-54-57-60-63-66-69-75(78)81-72-73(71-80-74(77)68-65-62-59-56-21-18-15-12-9-6-3)82-76(79)70-67-64-61-58-55-53-51-49-47-44-31-29-27-25-23-20-17-14-11-8-5-2/h8,11,17,20,25,27-28,30-31,44,49,51,55,58,73H,4-7,9-10,12-16,18-19,21-24,26,29,32-43,45-48,50,52-54,56-57,59-72H2,1-3H3/b11-8-,20-17-,27-25-,30-28-,44-31-,51-49-,58-55-. The normalized spacial score (nSPS) is 12.6. The minimum atomic E-state index is -0.798. The van der Waals surface area contributed by atoms with Crippen LogP contribution in [0.3, 0.4) is 0 Å². The van der Waals surface area contributed by atoms with Crippen molar-refractivity contribution in [3.63, 3.8) is 0 Å². The Bertz CT molecular complexity index is 1550. The molecule has 82 heavy (non-hydrogen) atoms. The van der Waals surface area contributed by atoms with Gasteiger partial charge in [0.1, 0.15) is 13.2 Å². The third kappa shape index (κ3) is 67.4. The Balaban J connectivity index is 4.15. The van der Waals surface area contributed by atoms with Gasteiger partial charge >= 0.3 is 17.9 Å². The van der Waals surface area contributed by atoms with E-state index in [9.17, 15) is 14.4 Å². The zero-order valence-electron chi connectivity index (χ0n) is 54.5. The van der Waals surface area contributed by atoms with Gasteiger partial charge in [-0.2, -0.15) is 0 Å².